The zero-order chi connectivity index (χ0) is 24.9. The molecule has 35 heavy (non-hydrogen) atoms. The van der Waals surface area contributed by atoms with E-state index in [-0.39, 0.29) is 0 Å². The summed E-state index contributed by atoms with van der Waals surface area (Å²) in [7, 11) is 1.19. The van der Waals surface area contributed by atoms with Crippen molar-refractivity contribution in [2.24, 2.45) is 11.8 Å². The van der Waals surface area contributed by atoms with Gasteiger partial charge < -0.3 is 4.74 Å². The fraction of sp³-hybridized carbons (Fsp3) is 0.192. The quantitative estimate of drug-likeness (QED) is 0.439. The molecule has 2 amide bonds. The molecule has 2 aliphatic heterocycles. The normalized spacial score (nSPS) is 22.9. The number of benzene rings is 3. The summed E-state index contributed by atoms with van der Waals surface area (Å²) in [6.45, 7) is 0. The van der Waals surface area contributed by atoms with Crippen LogP contribution in [0.25, 0.3) is 0 Å². The number of methoxy groups -OCH3 is 1. The van der Waals surface area contributed by atoms with Crippen molar-refractivity contribution >= 4 is 35.1 Å². The Labute approximate surface area is 204 Å². The predicted molar refractivity (Wildman–Crippen MR) is 123 cm³/mol. The van der Waals surface area contributed by atoms with E-state index in [2.05, 4.69) is 5.32 Å². The van der Waals surface area contributed by atoms with Crippen LogP contribution in [0.3, 0.4) is 0 Å². The van der Waals surface area contributed by atoms with E-state index in [0.717, 1.165) is 4.90 Å². The van der Waals surface area contributed by atoms with E-state index in [1.807, 2.05) is 0 Å². The molecule has 3 atom stereocenters. The molecular formula is C26H19ClF2N2O4. The van der Waals surface area contributed by atoms with Gasteiger partial charge in [0.1, 0.15) is 17.7 Å². The highest BCUT2D eigenvalue weighted by Crippen LogP contribution is 2.52. The lowest BCUT2D eigenvalue weighted by molar-refractivity contribution is -0.145. The summed E-state index contributed by atoms with van der Waals surface area (Å²) >= 11 is 5.98. The van der Waals surface area contributed by atoms with Crippen LogP contribution in [0.2, 0.25) is 5.02 Å². The standard InChI is InChI=1S/C26H19ClF2N2O4/c1-35-25(34)22-20-21(24(33)31(23(20)32)19-12-6-16(27)7-13-19)26(30-22,14-2-8-17(28)9-3-14)15-4-10-18(29)11-5-15/h2-13,20-22,30H,1H3/t20-,21-,22+/m0/s1. The summed E-state index contributed by atoms with van der Waals surface area (Å²) in [5.74, 6) is -5.11. The second-order valence-electron chi connectivity index (χ2n) is 8.46. The van der Waals surface area contributed by atoms with Crippen LogP contribution >= 0.6 is 11.6 Å². The fourth-order valence-electron chi connectivity index (χ4n) is 5.20. The van der Waals surface area contributed by atoms with Gasteiger partial charge in [0.05, 0.1) is 30.2 Å². The van der Waals surface area contributed by atoms with Crippen LogP contribution in [0.1, 0.15) is 11.1 Å². The first-order valence-corrected chi connectivity index (χ1v) is 11.2. The van der Waals surface area contributed by atoms with E-state index in [0.29, 0.717) is 21.8 Å². The van der Waals surface area contributed by atoms with Gasteiger partial charge in [0.2, 0.25) is 11.8 Å². The van der Waals surface area contributed by atoms with Crippen molar-refractivity contribution in [3.8, 4) is 0 Å². The Hall–Kier alpha value is -3.62. The Balaban J connectivity index is 1.75. The average Bonchev–Trinajstić information content (AvgIpc) is 3.35. The molecular weight excluding hydrogens is 478 g/mol. The molecule has 0 bridgehead atoms. The van der Waals surface area contributed by atoms with Crippen molar-refractivity contribution < 1.29 is 27.9 Å². The van der Waals surface area contributed by atoms with Crippen LogP contribution in [0, 0.1) is 23.5 Å². The first-order chi connectivity index (χ1) is 16.8. The number of hydrogen-bond acceptors (Lipinski definition) is 5. The molecule has 2 saturated heterocycles. The first kappa shape index (κ1) is 23.1. The van der Waals surface area contributed by atoms with Crippen molar-refractivity contribution in [1.82, 2.24) is 5.32 Å². The number of fused-ring (bicyclic) bond motifs is 1. The lowest BCUT2D eigenvalue weighted by Gasteiger charge is -2.36. The molecule has 1 N–H and O–H groups in total. The van der Waals surface area contributed by atoms with Crippen LogP contribution in [-0.2, 0) is 24.7 Å². The molecule has 0 aromatic heterocycles. The molecule has 2 heterocycles. The first-order valence-electron chi connectivity index (χ1n) is 10.8. The summed E-state index contributed by atoms with van der Waals surface area (Å²) in [5.41, 5.74) is -0.273. The van der Waals surface area contributed by atoms with Gasteiger partial charge in [-0.1, -0.05) is 35.9 Å². The van der Waals surface area contributed by atoms with Crippen LogP contribution in [0.5, 0.6) is 0 Å². The number of carbonyl (C=O) groups excluding carboxylic acids is 3. The summed E-state index contributed by atoms with van der Waals surface area (Å²) < 4.78 is 32.7. The molecule has 0 unspecified atom stereocenters. The molecule has 0 aliphatic carbocycles. The smallest absolute Gasteiger partial charge is 0.323 e. The maximum absolute atomic E-state index is 14.0. The summed E-state index contributed by atoms with van der Waals surface area (Å²) in [4.78, 5) is 41.5. The Morgan fingerprint density at radius 3 is 1.89 bits per heavy atom. The Morgan fingerprint density at radius 2 is 1.40 bits per heavy atom. The van der Waals surface area contributed by atoms with Gasteiger partial charge in [0.25, 0.3) is 0 Å². The van der Waals surface area contributed by atoms with Crippen molar-refractivity contribution in [3.63, 3.8) is 0 Å². The highest BCUT2D eigenvalue weighted by atomic mass is 35.5. The maximum Gasteiger partial charge on any atom is 0.323 e. The Bertz CT molecular complexity index is 1270. The lowest BCUT2D eigenvalue weighted by Crippen LogP contribution is -2.52. The number of esters is 1. The third-order valence-corrected chi connectivity index (χ3v) is 6.95. The maximum atomic E-state index is 14.0. The highest BCUT2D eigenvalue weighted by molar-refractivity contribution is 6.31. The molecule has 9 heteroatoms. The number of hydrogen-bond donors (Lipinski definition) is 1. The van der Waals surface area contributed by atoms with Gasteiger partial charge in [-0.3, -0.25) is 19.7 Å². The second kappa shape index (κ2) is 8.55. The van der Waals surface area contributed by atoms with Gasteiger partial charge in [-0.05, 0) is 59.7 Å². The Kier molecular flexibility index (Phi) is 5.65. The third kappa shape index (κ3) is 3.52. The summed E-state index contributed by atoms with van der Waals surface area (Å²) in [6.07, 6.45) is 0. The highest BCUT2D eigenvalue weighted by Gasteiger charge is 2.68. The van der Waals surface area contributed by atoms with Crippen molar-refractivity contribution in [1.29, 1.82) is 0 Å². The number of nitrogens with one attached hydrogen (secondary N) is 1. The number of halogens is 3. The second-order valence-corrected chi connectivity index (χ2v) is 8.90. The van der Waals surface area contributed by atoms with Gasteiger partial charge in [-0.15, -0.1) is 0 Å². The van der Waals surface area contributed by atoms with Gasteiger partial charge in [0, 0.05) is 5.02 Å². The SMILES string of the molecule is COC(=O)[C@@H]1NC(c2ccc(F)cc2)(c2ccc(F)cc2)[C@@H]2C(=O)N(c3ccc(Cl)cc3)C(=O)[C@@H]21. The van der Waals surface area contributed by atoms with E-state index < -0.39 is 52.8 Å². The van der Waals surface area contributed by atoms with Gasteiger partial charge in [-0.2, -0.15) is 0 Å². The molecule has 2 fully saturated rings. The minimum absolute atomic E-state index is 0.300. The Morgan fingerprint density at radius 1 is 0.886 bits per heavy atom. The number of rotatable bonds is 4. The number of nitrogens with zero attached hydrogens (tertiary/aromatic N) is 1. The summed E-state index contributed by atoms with van der Waals surface area (Å²) in [5, 5.41) is 3.59. The number of anilines is 1. The van der Waals surface area contributed by atoms with Crippen LogP contribution < -0.4 is 10.2 Å². The molecule has 3 aromatic carbocycles. The van der Waals surface area contributed by atoms with Crippen LogP contribution in [-0.4, -0.2) is 30.9 Å². The molecule has 3 aromatic rings. The van der Waals surface area contributed by atoms with Crippen molar-refractivity contribution in [2.45, 2.75) is 11.6 Å². The average molecular weight is 497 g/mol. The fourth-order valence-corrected chi connectivity index (χ4v) is 5.33. The molecule has 0 spiro atoms. The van der Waals surface area contributed by atoms with Gasteiger partial charge >= 0.3 is 5.97 Å². The van der Waals surface area contributed by atoms with E-state index in [9.17, 15) is 23.2 Å². The molecule has 5 rings (SSSR count). The van der Waals surface area contributed by atoms with Crippen molar-refractivity contribution in [2.75, 3.05) is 12.0 Å². The molecule has 6 nitrogen and oxygen atoms in total. The third-order valence-electron chi connectivity index (χ3n) is 6.70. The minimum atomic E-state index is -1.45. The van der Waals surface area contributed by atoms with E-state index in [4.69, 9.17) is 16.3 Å². The molecule has 2 aliphatic rings. The van der Waals surface area contributed by atoms with E-state index in [1.165, 1.54) is 67.8 Å². The topological polar surface area (TPSA) is 75.7 Å². The monoisotopic (exact) mass is 496 g/mol. The van der Waals surface area contributed by atoms with E-state index >= 15 is 0 Å². The largest absolute Gasteiger partial charge is 0.468 e. The molecule has 178 valence electrons. The zero-order valence-corrected chi connectivity index (χ0v) is 19.1. The summed E-state index contributed by atoms with van der Waals surface area (Å²) in [6, 6.07) is 15.8. The van der Waals surface area contributed by atoms with E-state index in [1.54, 1.807) is 12.1 Å². The van der Waals surface area contributed by atoms with Crippen LogP contribution in [0.15, 0.2) is 72.8 Å². The van der Waals surface area contributed by atoms with Gasteiger partial charge in [0.15, 0.2) is 0 Å². The van der Waals surface area contributed by atoms with Crippen LogP contribution in [0.4, 0.5) is 14.5 Å². The number of amides is 2. The number of ether oxygens (including phenoxy) is 1. The van der Waals surface area contributed by atoms with Gasteiger partial charge in [-0.25, -0.2) is 13.7 Å². The number of carbonyl (C=O) groups is 3. The minimum Gasteiger partial charge on any atom is -0.468 e. The predicted octanol–water partition coefficient (Wildman–Crippen LogP) is 3.81. The zero-order valence-electron chi connectivity index (χ0n) is 18.4. The molecule has 0 radical (unpaired) electrons. The number of imide groups is 1. The lowest BCUT2D eigenvalue weighted by atomic mass is 9.71. The van der Waals surface area contributed by atoms with Crippen molar-refractivity contribution in [3.05, 3.63) is 101 Å². The molecule has 0 saturated carbocycles.